The molecule has 5 nitrogen and oxygen atoms in total. The lowest BCUT2D eigenvalue weighted by atomic mass is 10.5. The molecule has 17 heavy (non-hydrogen) atoms. The first kappa shape index (κ1) is 11.7. The van der Waals surface area contributed by atoms with E-state index >= 15 is 0 Å². The van der Waals surface area contributed by atoms with Crippen LogP contribution in [-0.2, 0) is 4.74 Å². The zero-order chi connectivity index (χ0) is 12.3. The maximum absolute atomic E-state index is 11.4. The molecular formula is C12H16N2O3. The SMILES string of the molecule is C=CCN(c1nc(C(=O)OCC)co1)C1CC1. The number of hydrogen-bond donors (Lipinski definition) is 0. The fourth-order valence-corrected chi connectivity index (χ4v) is 1.60. The first-order valence-electron chi connectivity index (χ1n) is 5.76. The molecule has 0 unspecified atom stereocenters. The molecule has 1 fully saturated rings. The molecule has 5 heteroatoms. The lowest BCUT2D eigenvalue weighted by molar-refractivity contribution is 0.0519. The van der Waals surface area contributed by atoms with E-state index < -0.39 is 5.97 Å². The molecule has 1 aromatic heterocycles. The Labute approximate surface area is 100 Å². The number of nitrogens with zero attached hydrogens (tertiary/aromatic N) is 2. The maximum Gasteiger partial charge on any atom is 0.360 e. The Balaban J connectivity index is 2.10. The third kappa shape index (κ3) is 2.67. The maximum atomic E-state index is 11.4. The van der Waals surface area contributed by atoms with Gasteiger partial charge in [0.2, 0.25) is 0 Å². The predicted molar refractivity (Wildman–Crippen MR) is 63.0 cm³/mol. The van der Waals surface area contributed by atoms with Crippen molar-refractivity contribution in [3.05, 3.63) is 24.6 Å². The van der Waals surface area contributed by atoms with Gasteiger partial charge in [-0.3, -0.25) is 0 Å². The summed E-state index contributed by atoms with van der Waals surface area (Å²) in [6.07, 6.45) is 5.40. The second-order valence-corrected chi connectivity index (χ2v) is 3.91. The molecule has 0 aliphatic heterocycles. The fraction of sp³-hybridized carbons (Fsp3) is 0.500. The van der Waals surface area contributed by atoms with Gasteiger partial charge in [-0.1, -0.05) is 6.08 Å². The van der Waals surface area contributed by atoms with E-state index in [-0.39, 0.29) is 5.69 Å². The van der Waals surface area contributed by atoms with Crippen LogP contribution < -0.4 is 4.90 Å². The highest BCUT2D eigenvalue weighted by molar-refractivity contribution is 5.87. The second kappa shape index (κ2) is 5.03. The number of anilines is 1. The van der Waals surface area contributed by atoms with Crippen molar-refractivity contribution in [3.63, 3.8) is 0 Å². The molecule has 0 atom stereocenters. The van der Waals surface area contributed by atoms with E-state index in [1.165, 1.54) is 6.26 Å². The fourth-order valence-electron chi connectivity index (χ4n) is 1.60. The summed E-state index contributed by atoms with van der Waals surface area (Å²) in [6, 6.07) is 0.928. The van der Waals surface area contributed by atoms with Crippen LogP contribution in [0.5, 0.6) is 0 Å². The molecule has 0 saturated heterocycles. The largest absolute Gasteiger partial charge is 0.461 e. The van der Waals surface area contributed by atoms with E-state index in [9.17, 15) is 4.79 Å². The van der Waals surface area contributed by atoms with E-state index in [1.807, 2.05) is 4.90 Å². The minimum Gasteiger partial charge on any atom is -0.461 e. The quantitative estimate of drug-likeness (QED) is 0.558. The van der Waals surface area contributed by atoms with Gasteiger partial charge in [0.1, 0.15) is 6.26 Å². The molecule has 0 amide bonds. The van der Waals surface area contributed by atoms with Crippen LogP contribution in [-0.4, -0.2) is 30.1 Å². The van der Waals surface area contributed by atoms with Crippen LogP contribution in [0.2, 0.25) is 0 Å². The van der Waals surface area contributed by atoms with Gasteiger partial charge in [-0.05, 0) is 19.8 Å². The van der Waals surface area contributed by atoms with E-state index in [2.05, 4.69) is 11.6 Å². The number of hydrogen-bond acceptors (Lipinski definition) is 5. The highest BCUT2D eigenvalue weighted by atomic mass is 16.5. The summed E-state index contributed by atoms with van der Waals surface area (Å²) in [5.41, 5.74) is 0.219. The van der Waals surface area contributed by atoms with Crippen LogP contribution >= 0.6 is 0 Å². The van der Waals surface area contributed by atoms with Crippen LogP contribution in [0.3, 0.4) is 0 Å². The van der Waals surface area contributed by atoms with Crippen molar-refractivity contribution < 1.29 is 13.9 Å². The lowest BCUT2D eigenvalue weighted by Crippen LogP contribution is -2.26. The normalized spacial score (nSPS) is 14.4. The Morgan fingerprint density at radius 1 is 1.76 bits per heavy atom. The number of aromatic nitrogens is 1. The summed E-state index contributed by atoms with van der Waals surface area (Å²) in [6.45, 7) is 6.47. The second-order valence-electron chi connectivity index (χ2n) is 3.91. The third-order valence-corrected chi connectivity index (χ3v) is 2.54. The van der Waals surface area contributed by atoms with Gasteiger partial charge in [0.05, 0.1) is 6.61 Å². The Kier molecular flexibility index (Phi) is 3.46. The molecule has 1 aromatic rings. The number of esters is 1. The number of ether oxygens (including phenoxy) is 1. The van der Waals surface area contributed by atoms with Crippen molar-refractivity contribution in [1.82, 2.24) is 4.98 Å². The van der Waals surface area contributed by atoms with E-state index in [0.717, 1.165) is 12.8 Å². The van der Waals surface area contributed by atoms with Gasteiger partial charge in [-0.25, -0.2) is 4.79 Å². The van der Waals surface area contributed by atoms with Gasteiger partial charge in [-0.2, -0.15) is 4.98 Å². The molecule has 0 aromatic carbocycles. The highest BCUT2D eigenvalue weighted by Crippen LogP contribution is 2.30. The zero-order valence-electron chi connectivity index (χ0n) is 9.89. The minimum absolute atomic E-state index is 0.219. The molecule has 1 heterocycles. The van der Waals surface area contributed by atoms with Gasteiger partial charge < -0.3 is 14.1 Å². The Morgan fingerprint density at radius 3 is 3.12 bits per heavy atom. The summed E-state index contributed by atoms with van der Waals surface area (Å²) in [7, 11) is 0. The van der Waals surface area contributed by atoms with Crippen molar-refractivity contribution >= 4 is 12.0 Å². The van der Waals surface area contributed by atoms with Crippen LogP contribution in [0.25, 0.3) is 0 Å². The van der Waals surface area contributed by atoms with Gasteiger partial charge in [-0.15, -0.1) is 6.58 Å². The summed E-state index contributed by atoms with van der Waals surface area (Å²) < 4.78 is 10.2. The van der Waals surface area contributed by atoms with Gasteiger partial charge in [0.15, 0.2) is 5.69 Å². The number of carbonyl (C=O) groups is 1. The predicted octanol–water partition coefficient (Wildman–Crippen LogP) is 2.01. The number of rotatable bonds is 6. The minimum atomic E-state index is -0.447. The summed E-state index contributed by atoms with van der Waals surface area (Å²) in [5.74, 6) is -0.447. The molecule has 0 spiro atoms. The summed E-state index contributed by atoms with van der Waals surface area (Å²) >= 11 is 0. The van der Waals surface area contributed by atoms with Crippen molar-refractivity contribution in [3.8, 4) is 0 Å². The van der Waals surface area contributed by atoms with Crippen LogP contribution in [0.4, 0.5) is 6.01 Å². The molecule has 0 bridgehead atoms. The first-order chi connectivity index (χ1) is 8.26. The van der Waals surface area contributed by atoms with Crippen molar-refractivity contribution in [2.24, 2.45) is 0 Å². The van der Waals surface area contributed by atoms with Crippen molar-refractivity contribution in [1.29, 1.82) is 0 Å². The van der Waals surface area contributed by atoms with Gasteiger partial charge in [0.25, 0.3) is 6.01 Å². The Bertz CT molecular complexity index is 410. The lowest BCUT2D eigenvalue weighted by Gasteiger charge is -2.17. The van der Waals surface area contributed by atoms with Crippen molar-refractivity contribution in [2.45, 2.75) is 25.8 Å². The van der Waals surface area contributed by atoms with Crippen LogP contribution in [0, 0.1) is 0 Å². The average molecular weight is 236 g/mol. The number of oxazole rings is 1. The molecule has 1 aliphatic carbocycles. The van der Waals surface area contributed by atoms with Crippen LogP contribution in [0.1, 0.15) is 30.3 Å². The topological polar surface area (TPSA) is 55.6 Å². The monoisotopic (exact) mass is 236 g/mol. The Hall–Kier alpha value is -1.78. The molecule has 92 valence electrons. The molecule has 2 rings (SSSR count). The third-order valence-electron chi connectivity index (χ3n) is 2.54. The number of carbonyl (C=O) groups excluding carboxylic acids is 1. The average Bonchev–Trinajstić information content (AvgIpc) is 3.03. The van der Waals surface area contributed by atoms with Gasteiger partial charge >= 0.3 is 5.97 Å². The van der Waals surface area contributed by atoms with E-state index in [1.54, 1.807) is 13.0 Å². The van der Waals surface area contributed by atoms with E-state index in [4.69, 9.17) is 9.15 Å². The summed E-state index contributed by atoms with van der Waals surface area (Å²) in [4.78, 5) is 17.6. The zero-order valence-corrected chi connectivity index (χ0v) is 9.89. The van der Waals surface area contributed by atoms with E-state index in [0.29, 0.717) is 25.2 Å². The van der Waals surface area contributed by atoms with Crippen LogP contribution in [0.15, 0.2) is 23.3 Å². The molecule has 1 aliphatic rings. The molecule has 0 radical (unpaired) electrons. The first-order valence-corrected chi connectivity index (χ1v) is 5.76. The summed E-state index contributed by atoms with van der Waals surface area (Å²) in [5, 5.41) is 0. The standard InChI is InChI=1S/C12H16N2O3/c1-3-7-14(9-5-6-9)12-13-10(8-17-12)11(15)16-4-2/h3,8-9H,1,4-7H2,2H3. The molecular weight excluding hydrogens is 220 g/mol. The smallest absolute Gasteiger partial charge is 0.360 e. The molecule has 1 saturated carbocycles. The van der Waals surface area contributed by atoms with Crippen molar-refractivity contribution in [2.75, 3.05) is 18.1 Å². The van der Waals surface area contributed by atoms with Gasteiger partial charge in [0, 0.05) is 12.6 Å². The Morgan fingerprint density at radius 2 is 2.53 bits per heavy atom. The highest BCUT2D eigenvalue weighted by Gasteiger charge is 2.31. The molecule has 0 N–H and O–H groups in total.